The molecule has 0 saturated heterocycles. The van der Waals surface area contributed by atoms with E-state index < -0.39 is 4.92 Å². The van der Waals surface area contributed by atoms with Crippen LogP contribution in [-0.2, 0) is 17.6 Å². The molecule has 0 radical (unpaired) electrons. The molecular weight excluding hydrogens is 384 g/mol. The minimum absolute atomic E-state index is 0.0561. The molecule has 118 valence electrons. The molecule has 0 fully saturated rings. The van der Waals surface area contributed by atoms with Crippen LogP contribution in [0.25, 0.3) is 0 Å². The average molecular weight is 396 g/mol. The monoisotopic (exact) mass is 394 g/mol. The van der Waals surface area contributed by atoms with E-state index in [1.165, 1.54) is 11.0 Å². The number of anilines is 1. The zero-order valence-electron chi connectivity index (χ0n) is 12.0. The number of rotatable bonds is 3. The molecule has 2 aromatic rings. The fourth-order valence-electron chi connectivity index (χ4n) is 2.77. The predicted molar refractivity (Wildman–Crippen MR) is 92.0 cm³/mol. The SMILES string of the molecule is O=C(Cc1ccccc1Cl)N1CCc2cc(Br)cc([N+](=O)[O-])c21. The molecule has 23 heavy (non-hydrogen) atoms. The Morgan fingerprint density at radius 1 is 1.35 bits per heavy atom. The van der Waals surface area contributed by atoms with Crippen molar-refractivity contribution < 1.29 is 9.72 Å². The Morgan fingerprint density at radius 2 is 2.09 bits per heavy atom. The Balaban J connectivity index is 1.95. The van der Waals surface area contributed by atoms with Gasteiger partial charge in [0.05, 0.1) is 11.3 Å². The molecule has 0 aliphatic carbocycles. The van der Waals surface area contributed by atoms with Gasteiger partial charge in [-0.3, -0.25) is 14.9 Å². The maximum atomic E-state index is 12.6. The van der Waals surface area contributed by atoms with Gasteiger partial charge in [0.15, 0.2) is 0 Å². The number of nitro benzene ring substituents is 1. The van der Waals surface area contributed by atoms with Gasteiger partial charge < -0.3 is 4.90 Å². The summed E-state index contributed by atoms with van der Waals surface area (Å²) in [5, 5.41) is 11.8. The number of carbonyl (C=O) groups is 1. The van der Waals surface area contributed by atoms with E-state index >= 15 is 0 Å². The zero-order chi connectivity index (χ0) is 16.6. The maximum Gasteiger partial charge on any atom is 0.294 e. The summed E-state index contributed by atoms with van der Waals surface area (Å²) in [7, 11) is 0. The van der Waals surface area contributed by atoms with E-state index in [-0.39, 0.29) is 18.0 Å². The van der Waals surface area contributed by atoms with Crippen molar-refractivity contribution in [3.8, 4) is 0 Å². The molecule has 0 atom stereocenters. The topological polar surface area (TPSA) is 63.5 Å². The van der Waals surface area contributed by atoms with Crippen LogP contribution >= 0.6 is 27.5 Å². The highest BCUT2D eigenvalue weighted by molar-refractivity contribution is 9.10. The van der Waals surface area contributed by atoms with Gasteiger partial charge in [0, 0.05) is 22.1 Å². The van der Waals surface area contributed by atoms with Crippen LogP contribution < -0.4 is 4.90 Å². The van der Waals surface area contributed by atoms with E-state index in [2.05, 4.69) is 15.9 Å². The van der Waals surface area contributed by atoms with Crippen molar-refractivity contribution in [1.82, 2.24) is 0 Å². The van der Waals surface area contributed by atoms with Gasteiger partial charge in [-0.15, -0.1) is 0 Å². The van der Waals surface area contributed by atoms with Crippen LogP contribution in [0.2, 0.25) is 5.02 Å². The zero-order valence-corrected chi connectivity index (χ0v) is 14.3. The van der Waals surface area contributed by atoms with Gasteiger partial charge in [-0.1, -0.05) is 45.7 Å². The lowest BCUT2D eigenvalue weighted by Crippen LogP contribution is -2.30. The fraction of sp³-hybridized carbons (Fsp3) is 0.188. The van der Waals surface area contributed by atoms with Gasteiger partial charge in [-0.2, -0.15) is 0 Å². The number of halogens is 2. The Labute approximate surface area is 146 Å². The standard InChI is InChI=1S/C16H12BrClN2O3/c17-12-7-11-5-6-19(16(11)14(9-12)20(22)23)15(21)8-10-3-1-2-4-13(10)18/h1-4,7,9H,5-6,8H2. The highest BCUT2D eigenvalue weighted by Gasteiger charge is 2.32. The molecule has 1 aliphatic heterocycles. The number of benzene rings is 2. The van der Waals surface area contributed by atoms with E-state index in [9.17, 15) is 14.9 Å². The quantitative estimate of drug-likeness (QED) is 0.579. The summed E-state index contributed by atoms with van der Waals surface area (Å²) in [5.74, 6) is -0.192. The second kappa shape index (κ2) is 6.29. The van der Waals surface area contributed by atoms with Gasteiger partial charge >= 0.3 is 0 Å². The minimum Gasteiger partial charge on any atom is -0.306 e. The molecule has 0 saturated carbocycles. The molecule has 0 aromatic heterocycles. The molecule has 1 aliphatic rings. The molecule has 1 heterocycles. The third-order valence-electron chi connectivity index (χ3n) is 3.81. The lowest BCUT2D eigenvalue weighted by Gasteiger charge is -2.18. The number of carbonyl (C=O) groups excluding carboxylic acids is 1. The Hall–Kier alpha value is -1.92. The first-order valence-corrected chi connectivity index (χ1v) is 8.15. The smallest absolute Gasteiger partial charge is 0.294 e. The third-order valence-corrected chi connectivity index (χ3v) is 4.63. The maximum absolute atomic E-state index is 12.6. The molecule has 1 amide bonds. The van der Waals surface area contributed by atoms with Crippen LogP contribution in [-0.4, -0.2) is 17.4 Å². The highest BCUT2D eigenvalue weighted by Crippen LogP contribution is 2.39. The summed E-state index contributed by atoms with van der Waals surface area (Å²) in [6, 6.07) is 10.4. The van der Waals surface area contributed by atoms with Crippen molar-refractivity contribution in [2.45, 2.75) is 12.8 Å². The summed E-state index contributed by atoms with van der Waals surface area (Å²) in [4.78, 5) is 25.0. The first-order chi connectivity index (χ1) is 11.0. The molecule has 5 nitrogen and oxygen atoms in total. The molecular formula is C16H12BrClN2O3. The van der Waals surface area contributed by atoms with Crippen LogP contribution in [0, 0.1) is 10.1 Å². The average Bonchev–Trinajstić information content (AvgIpc) is 2.92. The lowest BCUT2D eigenvalue weighted by molar-refractivity contribution is -0.384. The second-order valence-electron chi connectivity index (χ2n) is 5.25. The van der Waals surface area contributed by atoms with E-state index in [4.69, 9.17) is 11.6 Å². The lowest BCUT2D eigenvalue weighted by atomic mass is 10.1. The molecule has 0 N–H and O–H groups in total. The summed E-state index contributed by atoms with van der Waals surface area (Å²) in [6.45, 7) is 0.440. The van der Waals surface area contributed by atoms with Gasteiger partial charge in [0.25, 0.3) is 5.69 Å². The third kappa shape index (κ3) is 3.09. The van der Waals surface area contributed by atoms with Crippen LogP contribution in [0.4, 0.5) is 11.4 Å². The van der Waals surface area contributed by atoms with Crippen LogP contribution in [0.15, 0.2) is 40.9 Å². The first-order valence-electron chi connectivity index (χ1n) is 6.98. The van der Waals surface area contributed by atoms with E-state index in [0.717, 1.165) is 5.56 Å². The second-order valence-corrected chi connectivity index (χ2v) is 6.58. The normalized spacial score (nSPS) is 13.0. The largest absolute Gasteiger partial charge is 0.306 e. The number of nitro groups is 1. The first kappa shape index (κ1) is 16.0. The minimum atomic E-state index is -0.454. The van der Waals surface area contributed by atoms with Gasteiger partial charge in [-0.05, 0) is 29.7 Å². The predicted octanol–water partition coefficient (Wildman–Crippen LogP) is 4.14. The van der Waals surface area contributed by atoms with Gasteiger partial charge in [-0.25, -0.2) is 0 Å². The van der Waals surface area contributed by atoms with Crippen molar-refractivity contribution in [2.75, 3.05) is 11.4 Å². The van der Waals surface area contributed by atoms with Crippen molar-refractivity contribution in [2.24, 2.45) is 0 Å². The molecule has 0 unspecified atom stereocenters. The summed E-state index contributed by atoms with van der Waals surface area (Å²) >= 11 is 9.37. The molecule has 0 spiro atoms. The van der Waals surface area contributed by atoms with Crippen molar-refractivity contribution in [3.05, 3.63) is 67.1 Å². The Morgan fingerprint density at radius 3 is 2.78 bits per heavy atom. The van der Waals surface area contributed by atoms with Gasteiger partial charge in [0.2, 0.25) is 5.91 Å². The summed E-state index contributed by atoms with van der Waals surface area (Å²) in [6.07, 6.45) is 0.718. The van der Waals surface area contributed by atoms with E-state index in [1.54, 1.807) is 18.2 Å². The number of hydrogen-bond donors (Lipinski definition) is 0. The summed E-state index contributed by atoms with van der Waals surface area (Å²) in [5.41, 5.74) is 1.86. The molecule has 7 heteroatoms. The molecule has 0 bridgehead atoms. The van der Waals surface area contributed by atoms with E-state index in [1.807, 2.05) is 12.1 Å². The van der Waals surface area contributed by atoms with Crippen molar-refractivity contribution in [3.63, 3.8) is 0 Å². The highest BCUT2D eigenvalue weighted by atomic mass is 79.9. The van der Waals surface area contributed by atoms with E-state index in [0.29, 0.717) is 33.7 Å². The van der Waals surface area contributed by atoms with Crippen molar-refractivity contribution in [1.29, 1.82) is 0 Å². The molecule has 3 rings (SSSR count). The number of hydrogen-bond acceptors (Lipinski definition) is 3. The number of nitrogens with zero attached hydrogens (tertiary/aromatic N) is 2. The van der Waals surface area contributed by atoms with Crippen molar-refractivity contribution >= 4 is 44.8 Å². The Kier molecular flexibility index (Phi) is 4.37. The van der Waals surface area contributed by atoms with Crippen LogP contribution in [0.3, 0.4) is 0 Å². The fourth-order valence-corrected chi connectivity index (χ4v) is 3.47. The van der Waals surface area contributed by atoms with Crippen LogP contribution in [0.1, 0.15) is 11.1 Å². The van der Waals surface area contributed by atoms with Crippen LogP contribution in [0.5, 0.6) is 0 Å². The van der Waals surface area contributed by atoms with Gasteiger partial charge in [0.1, 0.15) is 5.69 Å². The number of fused-ring (bicyclic) bond motifs is 1. The molecule has 2 aromatic carbocycles. The Bertz CT molecular complexity index is 810. The summed E-state index contributed by atoms with van der Waals surface area (Å²) < 4.78 is 0.642. The number of amides is 1.